The Balaban J connectivity index is 1.88. The number of nitrogens with zero attached hydrogens (tertiary/aromatic N) is 1. The fraction of sp³-hybridized carbons (Fsp3) is 0.571. The van der Waals surface area contributed by atoms with Crippen molar-refractivity contribution in [2.75, 3.05) is 5.32 Å². The second kappa shape index (κ2) is 3.67. The molecular formula is C14H18N2OS. The first kappa shape index (κ1) is 11.9. The molecule has 0 aliphatic heterocycles. The van der Waals surface area contributed by atoms with Crippen LogP contribution in [0.3, 0.4) is 0 Å². The zero-order valence-electron chi connectivity index (χ0n) is 10.8. The zero-order chi connectivity index (χ0) is 13.0. The van der Waals surface area contributed by atoms with Crippen molar-refractivity contribution in [3.63, 3.8) is 0 Å². The van der Waals surface area contributed by atoms with Crippen LogP contribution < -0.4 is 5.32 Å². The van der Waals surface area contributed by atoms with E-state index in [9.17, 15) is 4.79 Å². The standard InChI is InChI=1S/C14H18N2OS/c1-9-13(2,3)10-4-5-14(9,8-10)11(17)16-12-15-6-7-18-12/h6-7,10H,1,4-5,8H2,2-3H3,(H,15,16,17)/t10-,14+/m1/s1. The highest BCUT2D eigenvalue weighted by Crippen LogP contribution is 2.65. The van der Waals surface area contributed by atoms with Gasteiger partial charge in [0.15, 0.2) is 5.13 Å². The lowest BCUT2D eigenvalue weighted by atomic mass is 9.68. The van der Waals surface area contributed by atoms with Crippen LogP contribution in [0.1, 0.15) is 33.1 Å². The quantitative estimate of drug-likeness (QED) is 0.829. The molecule has 18 heavy (non-hydrogen) atoms. The highest BCUT2D eigenvalue weighted by molar-refractivity contribution is 7.13. The molecule has 0 aromatic carbocycles. The molecule has 0 radical (unpaired) electrons. The van der Waals surface area contributed by atoms with E-state index in [1.165, 1.54) is 11.3 Å². The van der Waals surface area contributed by atoms with Crippen molar-refractivity contribution < 1.29 is 4.79 Å². The fourth-order valence-electron chi connectivity index (χ4n) is 3.64. The minimum Gasteiger partial charge on any atom is -0.301 e. The lowest BCUT2D eigenvalue weighted by Gasteiger charge is -2.36. The van der Waals surface area contributed by atoms with Gasteiger partial charge in [0.2, 0.25) is 5.91 Å². The number of carbonyl (C=O) groups excluding carboxylic acids is 1. The number of anilines is 1. The van der Waals surface area contributed by atoms with Crippen LogP contribution >= 0.6 is 11.3 Å². The van der Waals surface area contributed by atoms with Gasteiger partial charge in [0.05, 0.1) is 5.41 Å². The summed E-state index contributed by atoms with van der Waals surface area (Å²) in [7, 11) is 0. The van der Waals surface area contributed by atoms with Crippen molar-refractivity contribution in [3.05, 3.63) is 23.7 Å². The maximum absolute atomic E-state index is 12.6. The van der Waals surface area contributed by atoms with E-state index in [1.54, 1.807) is 6.20 Å². The normalized spacial score (nSPS) is 32.8. The summed E-state index contributed by atoms with van der Waals surface area (Å²) < 4.78 is 0. The van der Waals surface area contributed by atoms with Crippen LogP contribution in [0.4, 0.5) is 5.13 Å². The van der Waals surface area contributed by atoms with E-state index in [2.05, 4.69) is 30.7 Å². The predicted octanol–water partition coefficient (Wildman–Crippen LogP) is 3.46. The zero-order valence-corrected chi connectivity index (χ0v) is 11.6. The number of fused-ring (bicyclic) bond motifs is 2. The smallest absolute Gasteiger partial charge is 0.236 e. The summed E-state index contributed by atoms with van der Waals surface area (Å²) in [5.74, 6) is 0.697. The summed E-state index contributed by atoms with van der Waals surface area (Å²) in [6.45, 7) is 8.67. The molecule has 4 heteroatoms. The first-order valence-electron chi connectivity index (χ1n) is 6.37. The molecule has 1 amide bonds. The topological polar surface area (TPSA) is 42.0 Å². The Bertz CT molecular complexity index is 506. The lowest BCUT2D eigenvalue weighted by molar-refractivity contribution is -0.123. The van der Waals surface area contributed by atoms with Gasteiger partial charge in [-0.25, -0.2) is 4.98 Å². The molecule has 2 saturated carbocycles. The van der Waals surface area contributed by atoms with Crippen molar-refractivity contribution in [2.45, 2.75) is 33.1 Å². The number of rotatable bonds is 2. The molecule has 2 atom stereocenters. The average Bonchev–Trinajstić information content (AvgIpc) is 2.98. The maximum Gasteiger partial charge on any atom is 0.236 e. The predicted molar refractivity (Wildman–Crippen MR) is 73.4 cm³/mol. The molecule has 1 aromatic heterocycles. The van der Waals surface area contributed by atoms with Gasteiger partial charge in [-0.1, -0.05) is 26.0 Å². The van der Waals surface area contributed by atoms with E-state index < -0.39 is 0 Å². The monoisotopic (exact) mass is 262 g/mol. The van der Waals surface area contributed by atoms with Crippen LogP contribution in [0, 0.1) is 16.7 Å². The SMILES string of the molecule is C=C1C(C)(C)[C@@H]2CC[C@]1(C(=O)Nc1nccs1)C2. The van der Waals surface area contributed by atoms with E-state index in [0.717, 1.165) is 24.8 Å². The molecule has 2 aliphatic carbocycles. The molecular weight excluding hydrogens is 244 g/mol. The van der Waals surface area contributed by atoms with Crippen LogP contribution in [-0.2, 0) is 4.79 Å². The molecule has 1 aromatic rings. The summed E-state index contributed by atoms with van der Waals surface area (Å²) in [6.07, 6.45) is 4.74. The number of amides is 1. The molecule has 1 N–H and O–H groups in total. The Kier molecular flexibility index (Phi) is 2.43. The summed E-state index contributed by atoms with van der Waals surface area (Å²) in [4.78, 5) is 16.7. The third-order valence-electron chi connectivity index (χ3n) is 4.98. The van der Waals surface area contributed by atoms with Gasteiger partial charge < -0.3 is 5.32 Å². The van der Waals surface area contributed by atoms with E-state index >= 15 is 0 Å². The maximum atomic E-state index is 12.6. The number of aromatic nitrogens is 1. The summed E-state index contributed by atoms with van der Waals surface area (Å²) in [5.41, 5.74) is 0.860. The third kappa shape index (κ3) is 1.41. The number of nitrogens with one attached hydrogen (secondary N) is 1. The van der Waals surface area contributed by atoms with E-state index in [1.807, 2.05) is 5.38 Å². The Morgan fingerprint density at radius 3 is 2.94 bits per heavy atom. The first-order chi connectivity index (χ1) is 8.47. The summed E-state index contributed by atoms with van der Waals surface area (Å²) >= 11 is 1.46. The molecule has 3 rings (SSSR count). The van der Waals surface area contributed by atoms with Gasteiger partial charge in [-0.15, -0.1) is 11.3 Å². The van der Waals surface area contributed by atoms with Crippen LogP contribution in [0.15, 0.2) is 23.7 Å². The molecule has 0 saturated heterocycles. The third-order valence-corrected chi connectivity index (χ3v) is 5.67. The van der Waals surface area contributed by atoms with Crippen molar-refractivity contribution in [2.24, 2.45) is 16.7 Å². The van der Waals surface area contributed by atoms with Gasteiger partial charge in [-0.3, -0.25) is 4.79 Å². The highest BCUT2D eigenvalue weighted by atomic mass is 32.1. The molecule has 0 unspecified atom stereocenters. The Morgan fingerprint density at radius 2 is 2.39 bits per heavy atom. The molecule has 0 spiro atoms. The molecule has 2 bridgehead atoms. The minimum atomic E-state index is -0.347. The number of hydrogen-bond donors (Lipinski definition) is 1. The van der Waals surface area contributed by atoms with Crippen molar-refractivity contribution in [3.8, 4) is 0 Å². The Hall–Kier alpha value is -1.16. The van der Waals surface area contributed by atoms with Crippen molar-refractivity contribution >= 4 is 22.4 Å². The van der Waals surface area contributed by atoms with E-state index in [4.69, 9.17) is 0 Å². The molecule has 1 heterocycles. The van der Waals surface area contributed by atoms with Gasteiger partial charge in [-0.05, 0) is 30.6 Å². The average molecular weight is 262 g/mol. The number of thiazole rings is 1. The Morgan fingerprint density at radius 1 is 1.61 bits per heavy atom. The second-order valence-corrected chi connectivity index (χ2v) is 6.91. The van der Waals surface area contributed by atoms with Crippen molar-refractivity contribution in [1.82, 2.24) is 4.98 Å². The largest absolute Gasteiger partial charge is 0.301 e. The number of carbonyl (C=O) groups is 1. The highest BCUT2D eigenvalue weighted by Gasteiger charge is 2.60. The van der Waals surface area contributed by atoms with Gasteiger partial charge in [0.1, 0.15) is 0 Å². The van der Waals surface area contributed by atoms with E-state index in [0.29, 0.717) is 11.0 Å². The van der Waals surface area contributed by atoms with Crippen LogP contribution in [-0.4, -0.2) is 10.9 Å². The molecule has 2 fully saturated rings. The summed E-state index contributed by atoms with van der Waals surface area (Å²) in [5, 5.41) is 5.52. The van der Waals surface area contributed by atoms with Crippen LogP contribution in [0.25, 0.3) is 0 Å². The van der Waals surface area contributed by atoms with Gasteiger partial charge in [0, 0.05) is 11.6 Å². The van der Waals surface area contributed by atoms with Gasteiger partial charge in [0.25, 0.3) is 0 Å². The van der Waals surface area contributed by atoms with Gasteiger partial charge >= 0.3 is 0 Å². The summed E-state index contributed by atoms with van der Waals surface area (Å²) in [6, 6.07) is 0. The van der Waals surface area contributed by atoms with Crippen molar-refractivity contribution in [1.29, 1.82) is 0 Å². The fourth-order valence-corrected chi connectivity index (χ4v) is 4.17. The lowest BCUT2D eigenvalue weighted by Crippen LogP contribution is -2.37. The molecule has 3 nitrogen and oxygen atoms in total. The van der Waals surface area contributed by atoms with Crippen LogP contribution in [0.5, 0.6) is 0 Å². The number of hydrogen-bond acceptors (Lipinski definition) is 3. The van der Waals surface area contributed by atoms with Crippen LogP contribution in [0.2, 0.25) is 0 Å². The first-order valence-corrected chi connectivity index (χ1v) is 7.25. The molecule has 2 aliphatic rings. The second-order valence-electron chi connectivity index (χ2n) is 6.01. The minimum absolute atomic E-state index is 0.0931. The van der Waals surface area contributed by atoms with E-state index in [-0.39, 0.29) is 16.7 Å². The van der Waals surface area contributed by atoms with Gasteiger partial charge in [-0.2, -0.15) is 0 Å². The Labute approximate surface area is 111 Å². The molecule has 96 valence electrons.